The summed E-state index contributed by atoms with van der Waals surface area (Å²) in [7, 11) is 1.71. The average molecular weight is 517 g/mol. The number of aliphatic hydroxyl groups is 1. The van der Waals surface area contributed by atoms with E-state index in [4.69, 9.17) is 4.74 Å². The number of aromatic nitrogens is 1. The number of nitrogens with zero attached hydrogens (tertiary/aromatic N) is 1. The van der Waals surface area contributed by atoms with E-state index in [1.165, 1.54) is 22.2 Å². The SMILES string of the molecule is COc1cccc(C23CCN(Cc4ccccc4)CC2(O)Cc2c([nH]c4cccc(Br)c24)C3)c1. The van der Waals surface area contributed by atoms with E-state index < -0.39 is 5.60 Å². The van der Waals surface area contributed by atoms with Crippen LogP contribution in [-0.2, 0) is 24.8 Å². The fourth-order valence-electron chi connectivity index (χ4n) is 6.34. The molecule has 4 aromatic rings. The van der Waals surface area contributed by atoms with Gasteiger partial charge in [0.2, 0.25) is 0 Å². The van der Waals surface area contributed by atoms with Crippen LogP contribution in [0.1, 0.15) is 28.8 Å². The zero-order valence-corrected chi connectivity index (χ0v) is 20.9. The van der Waals surface area contributed by atoms with E-state index in [9.17, 15) is 5.11 Å². The number of methoxy groups -OCH3 is 1. The maximum Gasteiger partial charge on any atom is 0.119 e. The molecule has 1 aromatic heterocycles. The molecule has 1 aliphatic heterocycles. The fraction of sp³-hybridized carbons (Fsp3) is 0.310. The van der Waals surface area contributed by atoms with Gasteiger partial charge in [-0.05, 0) is 53.9 Å². The third kappa shape index (κ3) is 3.41. The predicted molar refractivity (Wildman–Crippen MR) is 139 cm³/mol. The van der Waals surface area contributed by atoms with Gasteiger partial charge < -0.3 is 14.8 Å². The summed E-state index contributed by atoms with van der Waals surface area (Å²) in [6, 6.07) is 25.2. The maximum absolute atomic E-state index is 12.6. The summed E-state index contributed by atoms with van der Waals surface area (Å²) >= 11 is 3.77. The van der Waals surface area contributed by atoms with Crippen LogP contribution in [0.15, 0.2) is 77.3 Å². The Balaban J connectivity index is 1.47. The van der Waals surface area contributed by atoms with Crippen LogP contribution in [-0.4, -0.2) is 40.8 Å². The van der Waals surface area contributed by atoms with Crippen LogP contribution in [0, 0.1) is 0 Å². The average Bonchev–Trinajstić information content (AvgIpc) is 3.20. The highest BCUT2D eigenvalue weighted by atomic mass is 79.9. The minimum atomic E-state index is -0.899. The highest BCUT2D eigenvalue weighted by molar-refractivity contribution is 9.10. The first-order valence-corrected chi connectivity index (χ1v) is 12.7. The number of benzene rings is 3. The lowest BCUT2D eigenvalue weighted by Crippen LogP contribution is -2.66. The Morgan fingerprint density at radius 1 is 1.03 bits per heavy atom. The van der Waals surface area contributed by atoms with Crippen LogP contribution in [0.4, 0.5) is 0 Å². The quantitative estimate of drug-likeness (QED) is 0.370. The number of H-pyrrole nitrogens is 1. The molecule has 2 atom stereocenters. The number of likely N-dealkylation sites (tertiary alicyclic amines) is 1. The van der Waals surface area contributed by atoms with Crippen LogP contribution in [0.5, 0.6) is 5.75 Å². The van der Waals surface area contributed by atoms with E-state index in [1.54, 1.807) is 7.11 Å². The minimum absolute atomic E-state index is 0.380. The maximum atomic E-state index is 12.6. The molecule has 174 valence electrons. The minimum Gasteiger partial charge on any atom is -0.497 e. The van der Waals surface area contributed by atoms with Crippen molar-refractivity contribution in [2.75, 3.05) is 20.2 Å². The lowest BCUT2D eigenvalue weighted by Gasteiger charge is -2.56. The first kappa shape index (κ1) is 21.9. The van der Waals surface area contributed by atoms with Crippen LogP contribution < -0.4 is 4.74 Å². The van der Waals surface area contributed by atoms with Crippen LogP contribution in [0.2, 0.25) is 0 Å². The van der Waals surface area contributed by atoms with Crippen molar-refractivity contribution < 1.29 is 9.84 Å². The van der Waals surface area contributed by atoms with Crippen LogP contribution in [0.25, 0.3) is 10.9 Å². The number of rotatable bonds is 4. The number of aromatic amines is 1. The smallest absolute Gasteiger partial charge is 0.119 e. The van der Waals surface area contributed by atoms with Gasteiger partial charge in [0.05, 0.1) is 12.7 Å². The molecule has 0 spiro atoms. The molecule has 1 fully saturated rings. The molecule has 3 aromatic carbocycles. The Morgan fingerprint density at radius 3 is 2.68 bits per heavy atom. The molecule has 1 aliphatic carbocycles. The van der Waals surface area contributed by atoms with Gasteiger partial charge in [0.1, 0.15) is 5.75 Å². The predicted octanol–water partition coefficient (Wildman–Crippen LogP) is 5.61. The summed E-state index contributed by atoms with van der Waals surface area (Å²) in [4.78, 5) is 6.11. The van der Waals surface area contributed by atoms with E-state index in [-0.39, 0.29) is 5.41 Å². The Labute approximate surface area is 208 Å². The van der Waals surface area contributed by atoms with Gasteiger partial charge >= 0.3 is 0 Å². The summed E-state index contributed by atoms with van der Waals surface area (Å²) in [5.74, 6) is 0.839. The first-order chi connectivity index (χ1) is 16.5. The Kier molecular flexibility index (Phi) is 5.32. The van der Waals surface area contributed by atoms with Crippen molar-refractivity contribution in [1.82, 2.24) is 9.88 Å². The molecule has 5 heteroatoms. The van der Waals surface area contributed by atoms with E-state index in [0.29, 0.717) is 13.0 Å². The lowest BCUT2D eigenvalue weighted by atomic mass is 9.56. The summed E-state index contributed by atoms with van der Waals surface area (Å²) in [5.41, 5.74) is 4.78. The van der Waals surface area contributed by atoms with Gasteiger partial charge in [-0.25, -0.2) is 0 Å². The standard InChI is InChI=1S/C29H29BrN2O2/c1-34-22-10-5-9-21(15-22)28-13-14-32(18-20-7-3-2-4-8-20)19-29(28,33)16-23-26(17-28)31-25-12-6-11-24(30)27(23)25/h2-12,15,31,33H,13-14,16-19H2,1H3. The van der Waals surface area contributed by atoms with Crippen molar-refractivity contribution in [3.63, 3.8) is 0 Å². The zero-order valence-electron chi connectivity index (χ0n) is 19.4. The molecule has 1 saturated heterocycles. The van der Waals surface area contributed by atoms with Crippen LogP contribution in [0.3, 0.4) is 0 Å². The molecule has 2 N–H and O–H groups in total. The van der Waals surface area contributed by atoms with E-state index >= 15 is 0 Å². The number of halogens is 1. The second kappa shape index (κ2) is 8.26. The third-order valence-electron chi connectivity index (χ3n) is 8.02. The highest BCUT2D eigenvalue weighted by Gasteiger charge is 2.57. The number of piperidine rings is 1. The number of hydrogen-bond acceptors (Lipinski definition) is 3. The van der Waals surface area contributed by atoms with Crippen molar-refractivity contribution in [3.8, 4) is 5.75 Å². The van der Waals surface area contributed by atoms with Crippen molar-refractivity contribution >= 4 is 26.8 Å². The number of hydrogen-bond donors (Lipinski definition) is 2. The van der Waals surface area contributed by atoms with Crippen molar-refractivity contribution in [3.05, 3.63) is 99.7 Å². The molecule has 4 nitrogen and oxygen atoms in total. The largest absolute Gasteiger partial charge is 0.497 e. The Morgan fingerprint density at radius 2 is 1.85 bits per heavy atom. The molecule has 0 saturated carbocycles. The molecule has 0 bridgehead atoms. The second-order valence-electron chi connectivity index (χ2n) is 9.89. The van der Waals surface area contributed by atoms with Crippen molar-refractivity contribution in [2.45, 2.75) is 36.8 Å². The highest BCUT2D eigenvalue weighted by Crippen LogP contribution is 2.52. The molecular weight excluding hydrogens is 488 g/mol. The summed E-state index contributed by atoms with van der Waals surface area (Å²) in [6.45, 7) is 2.42. The van der Waals surface area contributed by atoms with Gasteiger partial charge in [-0.2, -0.15) is 0 Å². The summed E-state index contributed by atoms with van der Waals surface area (Å²) < 4.78 is 6.66. The molecular formula is C29H29BrN2O2. The van der Waals surface area contributed by atoms with Gasteiger partial charge in [0.15, 0.2) is 0 Å². The fourth-order valence-corrected chi connectivity index (χ4v) is 6.94. The molecule has 2 unspecified atom stereocenters. The zero-order chi connectivity index (χ0) is 23.3. The topological polar surface area (TPSA) is 48.5 Å². The van der Waals surface area contributed by atoms with Gasteiger partial charge in [-0.3, -0.25) is 4.90 Å². The monoisotopic (exact) mass is 516 g/mol. The first-order valence-electron chi connectivity index (χ1n) is 11.9. The van der Waals surface area contributed by atoms with Gasteiger partial charge in [0.25, 0.3) is 0 Å². The molecule has 2 aliphatic rings. The number of β-amino-alcohol motifs (C(OH)–C–C–N with tert-alkyl or cyclic N) is 1. The number of ether oxygens (including phenoxy) is 1. The summed E-state index contributed by atoms with van der Waals surface area (Å²) in [5, 5.41) is 13.8. The van der Waals surface area contributed by atoms with E-state index in [1.807, 2.05) is 6.07 Å². The van der Waals surface area contributed by atoms with Gasteiger partial charge in [-0.15, -0.1) is 0 Å². The van der Waals surface area contributed by atoms with Crippen molar-refractivity contribution in [1.29, 1.82) is 0 Å². The molecule has 0 amide bonds. The normalized spacial score (nSPS) is 24.6. The Hall–Kier alpha value is -2.60. The van der Waals surface area contributed by atoms with Gasteiger partial charge in [-0.1, -0.05) is 64.5 Å². The molecule has 0 radical (unpaired) electrons. The molecule has 34 heavy (non-hydrogen) atoms. The lowest BCUT2D eigenvalue weighted by molar-refractivity contribution is -0.105. The number of nitrogens with one attached hydrogen (secondary N) is 1. The van der Waals surface area contributed by atoms with E-state index in [2.05, 4.69) is 92.5 Å². The van der Waals surface area contributed by atoms with Crippen molar-refractivity contribution in [2.24, 2.45) is 0 Å². The third-order valence-corrected chi connectivity index (χ3v) is 8.68. The summed E-state index contributed by atoms with van der Waals surface area (Å²) in [6.07, 6.45) is 2.29. The van der Waals surface area contributed by atoms with Gasteiger partial charge in [0, 0.05) is 52.4 Å². The number of fused-ring (bicyclic) bond motifs is 4. The molecule has 2 heterocycles. The second-order valence-corrected chi connectivity index (χ2v) is 10.7. The Bertz CT molecular complexity index is 1350. The molecule has 6 rings (SSSR count). The van der Waals surface area contributed by atoms with Crippen LogP contribution >= 0.6 is 15.9 Å². The van der Waals surface area contributed by atoms with E-state index in [0.717, 1.165) is 47.2 Å².